The van der Waals surface area contributed by atoms with E-state index in [-0.39, 0.29) is 30.1 Å². The van der Waals surface area contributed by atoms with E-state index in [0.717, 1.165) is 6.42 Å². The fourth-order valence-electron chi connectivity index (χ4n) is 3.21. The van der Waals surface area contributed by atoms with Crippen molar-refractivity contribution in [1.29, 1.82) is 0 Å². The Balaban J connectivity index is 0.00000196. The first-order chi connectivity index (χ1) is 12.0. The molecular weight excluding hydrogens is 359 g/mol. The van der Waals surface area contributed by atoms with E-state index in [2.05, 4.69) is 10.1 Å². The standard InChI is InChI=1S/C18H17FN4O2.ClH/c1-10-16-13(18(24)23-7-6-11(20)9-23)8-15(21-17(16)25-22-10)12-4-2-3-5-14(12)19;/h2-5,8,11H,6-7,9,20H2,1H3;1H. The minimum absolute atomic E-state index is 0. The fourth-order valence-corrected chi connectivity index (χ4v) is 3.21. The van der Waals surface area contributed by atoms with Crippen LogP contribution in [0.4, 0.5) is 4.39 Å². The highest BCUT2D eigenvalue weighted by atomic mass is 35.5. The third kappa shape index (κ3) is 3.04. The number of carbonyl (C=O) groups is 1. The topological polar surface area (TPSA) is 85.2 Å². The summed E-state index contributed by atoms with van der Waals surface area (Å²) in [6, 6.07) is 7.89. The number of amides is 1. The molecule has 2 N–H and O–H groups in total. The van der Waals surface area contributed by atoms with Crippen LogP contribution < -0.4 is 5.73 Å². The molecule has 8 heteroatoms. The maximum absolute atomic E-state index is 14.2. The van der Waals surface area contributed by atoms with Gasteiger partial charge < -0.3 is 15.2 Å². The molecule has 0 saturated carbocycles. The van der Waals surface area contributed by atoms with Gasteiger partial charge in [-0.2, -0.15) is 0 Å². The molecule has 136 valence electrons. The van der Waals surface area contributed by atoms with Crippen molar-refractivity contribution >= 4 is 29.4 Å². The van der Waals surface area contributed by atoms with E-state index >= 15 is 0 Å². The molecule has 0 aliphatic carbocycles. The second kappa shape index (κ2) is 7.01. The molecule has 1 amide bonds. The SMILES string of the molecule is Cc1noc2nc(-c3ccccc3F)cc(C(=O)N3CCC(N)C3)c12.Cl. The number of hydrogen-bond donors (Lipinski definition) is 1. The molecule has 4 rings (SSSR count). The largest absolute Gasteiger partial charge is 0.337 e. The highest BCUT2D eigenvalue weighted by Crippen LogP contribution is 2.29. The highest BCUT2D eigenvalue weighted by Gasteiger charge is 2.28. The van der Waals surface area contributed by atoms with Crippen molar-refractivity contribution in [2.45, 2.75) is 19.4 Å². The van der Waals surface area contributed by atoms with Crippen LogP contribution >= 0.6 is 12.4 Å². The third-order valence-corrected chi connectivity index (χ3v) is 4.51. The van der Waals surface area contributed by atoms with E-state index < -0.39 is 5.82 Å². The average molecular weight is 377 g/mol. The maximum atomic E-state index is 14.2. The summed E-state index contributed by atoms with van der Waals surface area (Å²) >= 11 is 0. The van der Waals surface area contributed by atoms with Crippen LogP contribution in [0.25, 0.3) is 22.4 Å². The lowest BCUT2D eigenvalue weighted by Crippen LogP contribution is -2.32. The first-order valence-electron chi connectivity index (χ1n) is 8.11. The lowest BCUT2D eigenvalue weighted by molar-refractivity contribution is 0.0792. The van der Waals surface area contributed by atoms with E-state index in [1.807, 2.05) is 0 Å². The number of halogens is 2. The molecule has 1 fully saturated rings. The van der Waals surface area contributed by atoms with Crippen molar-refractivity contribution in [2.75, 3.05) is 13.1 Å². The Kier molecular flexibility index (Phi) is 4.93. The van der Waals surface area contributed by atoms with Gasteiger partial charge >= 0.3 is 0 Å². The number of aromatic nitrogens is 2. The van der Waals surface area contributed by atoms with Crippen LogP contribution in [0, 0.1) is 12.7 Å². The first-order valence-corrected chi connectivity index (χ1v) is 8.11. The quantitative estimate of drug-likeness (QED) is 0.743. The van der Waals surface area contributed by atoms with Gasteiger partial charge in [-0.25, -0.2) is 9.37 Å². The van der Waals surface area contributed by atoms with Crippen LogP contribution in [0.5, 0.6) is 0 Å². The van der Waals surface area contributed by atoms with Crippen LogP contribution in [-0.4, -0.2) is 40.1 Å². The zero-order valence-electron chi connectivity index (χ0n) is 14.1. The number of rotatable bonds is 2. The summed E-state index contributed by atoms with van der Waals surface area (Å²) < 4.78 is 19.4. The van der Waals surface area contributed by atoms with E-state index in [0.29, 0.717) is 41.0 Å². The van der Waals surface area contributed by atoms with Crippen molar-refractivity contribution < 1.29 is 13.7 Å². The smallest absolute Gasteiger partial charge is 0.259 e. The summed E-state index contributed by atoms with van der Waals surface area (Å²) in [5, 5.41) is 4.47. The first kappa shape index (κ1) is 18.3. The van der Waals surface area contributed by atoms with Gasteiger partial charge in [0.15, 0.2) is 0 Å². The molecule has 2 aromatic heterocycles. The van der Waals surface area contributed by atoms with Gasteiger partial charge in [0.1, 0.15) is 5.82 Å². The monoisotopic (exact) mass is 376 g/mol. The molecule has 1 atom stereocenters. The molecular formula is C18H18ClFN4O2. The Bertz CT molecular complexity index is 975. The average Bonchev–Trinajstić information content (AvgIpc) is 3.20. The molecule has 0 spiro atoms. The summed E-state index contributed by atoms with van der Waals surface area (Å²) in [5.74, 6) is -0.573. The highest BCUT2D eigenvalue weighted by molar-refractivity contribution is 6.07. The molecule has 1 unspecified atom stereocenters. The van der Waals surface area contributed by atoms with Crippen molar-refractivity contribution in [3.8, 4) is 11.3 Å². The number of carbonyl (C=O) groups excluding carboxylic acids is 1. The van der Waals surface area contributed by atoms with E-state index in [1.165, 1.54) is 6.07 Å². The molecule has 3 aromatic rings. The Labute approximate surface area is 155 Å². The van der Waals surface area contributed by atoms with Gasteiger partial charge in [0.2, 0.25) is 0 Å². The van der Waals surface area contributed by atoms with Gasteiger partial charge in [0.05, 0.1) is 22.3 Å². The van der Waals surface area contributed by atoms with E-state index in [4.69, 9.17) is 10.3 Å². The number of nitrogens with zero attached hydrogens (tertiary/aromatic N) is 3. The molecule has 1 aromatic carbocycles. The van der Waals surface area contributed by atoms with Gasteiger partial charge in [-0.1, -0.05) is 17.3 Å². The lowest BCUT2D eigenvalue weighted by Gasteiger charge is -2.17. The van der Waals surface area contributed by atoms with Gasteiger partial charge in [0.25, 0.3) is 11.6 Å². The minimum atomic E-state index is -0.410. The van der Waals surface area contributed by atoms with Crippen molar-refractivity contribution in [1.82, 2.24) is 15.0 Å². The number of likely N-dealkylation sites (tertiary alicyclic amines) is 1. The Morgan fingerprint density at radius 2 is 2.15 bits per heavy atom. The van der Waals surface area contributed by atoms with Crippen LogP contribution in [0.1, 0.15) is 22.5 Å². The summed E-state index contributed by atoms with van der Waals surface area (Å²) in [6.07, 6.45) is 0.767. The van der Waals surface area contributed by atoms with Crippen LogP contribution in [0.2, 0.25) is 0 Å². The predicted octanol–water partition coefficient (Wildman–Crippen LogP) is 2.93. The second-order valence-corrected chi connectivity index (χ2v) is 6.28. The number of nitrogens with two attached hydrogens (primary N) is 1. The van der Waals surface area contributed by atoms with Gasteiger partial charge in [0, 0.05) is 24.7 Å². The van der Waals surface area contributed by atoms with Crippen molar-refractivity contribution in [2.24, 2.45) is 5.73 Å². The minimum Gasteiger partial charge on any atom is -0.337 e. The zero-order valence-corrected chi connectivity index (χ0v) is 14.9. The summed E-state index contributed by atoms with van der Waals surface area (Å²) in [6.45, 7) is 2.86. The number of hydrogen-bond acceptors (Lipinski definition) is 5. The zero-order chi connectivity index (χ0) is 17.6. The number of benzene rings is 1. The molecule has 1 aliphatic heterocycles. The fraction of sp³-hybridized carbons (Fsp3) is 0.278. The molecule has 6 nitrogen and oxygen atoms in total. The molecule has 1 aliphatic rings. The predicted molar refractivity (Wildman–Crippen MR) is 97.7 cm³/mol. The molecule has 0 radical (unpaired) electrons. The summed E-state index contributed by atoms with van der Waals surface area (Å²) in [4.78, 5) is 19.1. The second-order valence-electron chi connectivity index (χ2n) is 6.28. The van der Waals surface area contributed by atoms with Gasteiger partial charge in [-0.05, 0) is 31.5 Å². The van der Waals surface area contributed by atoms with E-state index in [1.54, 1.807) is 36.1 Å². The lowest BCUT2D eigenvalue weighted by atomic mass is 10.0. The number of pyridine rings is 1. The summed E-state index contributed by atoms with van der Waals surface area (Å²) in [5.41, 5.74) is 7.79. The van der Waals surface area contributed by atoms with Gasteiger partial charge in [-0.15, -0.1) is 12.4 Å². The Morgan fingerprint density at radius 3 is 2.85 bits per heavy atom. The maximum Gasteiger partial charge on any atom is 0.259 e. The van der Waals surface area contributed by atoms with Crippen LogP contribution in [0.15, 0.2) is 34.9 Å². The molecule has 0 bridgehead atoms. The number of aryl methyl sites for hydroxylation is 1. The van der Waals surface area contributed by atoms with E-state index in [9.17, 15) is 9.18 Å². The van der Waals surface area contributed by atoms with Gasteiger partial charge in [-0.3, -0.25) is 4.79 Å². The van der Waals surface area contributed by atoms with Crippen LogP contribution in [-0.2, 0) is 0 Å². The normalized spacial score (nSPS) is 16.7. The summed E-state index contributed by atoms with van der Waals surface area (Å²) in [7, 11) is 0. The van der Waals surface area contributed by atoms with Crippen LogP contribution in [0.3, 0.4) is 0 Å². The Morgan fingerprint density at radius 1 is 1.38 bits per heavy atom. The molecule has 3 heterocycles. The molecule has 26 heavy (non-hydrogen) atoms. The van der Waals surface area contributed by atoms with Crippen molar-refractivity contribution in [3.05, 3.63) is 47.4 Å². The third-order valence-electron chi connectivity index (χ3n) is 4.51. The number of fused-ring (bicyclic) bond motifs is 1. The Hall–Kier alpha value is -2.51. The van der Waals surface area contributed by atoms with Crippen molar-refractivity contribution in [3.63, 3.8) is 0 Å². The molecule has 1 saturated heterocycles.